The summed E-state index contributed by atoms with van der Waals surface area (Å²) in [6.45, 7) is 4.35. The molecule has 0 bridgehead atoms. The molecular weight excluding hydrogens is 360 g/mol. The van der Waals surface area contributed by atoms with Crippen LogP contribution in [0.15, 0.2) is 42.5 Å². The number of fused-ring (bicyclic) bond motifs is 2. The lowest BCUT2D eigenvalue weighted by molar-refractivity contribution is -0.0543. The predicted octanol–water partition coefficient (Wildman–Crippen LogP) is 2.96. The van der Waals surface area contributed by atoms with Crippen molar-refractivity contribution in [3.05, 3.63) is 59.2 Å². The molecule has 3 aromatic rings. The zero-order valence-corrected chi connectivity index (χ0v) is 15.4. The van der Waals surface area contributed by atoms with Crippen LogP contribution >= 0.6 is 0 Å². The Balaban J connectivity index is 1.86. The minimum atomic E-state index is -1.62. The van der Waals surface area contributed by atoms with Crippen molar-refractivity contribution in [3.63, 3.8) is 0 Å². The summed E-state index contributed by atoms with van der Waals surface area (Å²) >= 11 is 0. The standard InChI is InChI=1S/C20H20N4O4/c1-11(2)10-24-17(25)13-5-3-4-6-14(13)20(24,28)12-7-8-15-16(9-12)22-18(21-15)23-19(26)27/h3-9,11,28H,10H2,1-2H3,(H,26,27)(H2,21,22,23). The molecule has 28 heavy (non-hydrogen) atoms. The van der Waals surface area contributed by atoms with E-state index in [-0.39, 0.29) is 17.8 Å². The van der Waals surface area contributed by atoms with Crippen LogP contribution in [-0.2, 0) is 5.72 Å². The molecule has 2 heterocycles. The van der Waals surface area contributed by atoms with Crippen LogP contribution in [0.2, 0.25) is 0 Å². The highest BCUT2D eigenvalue weighted by Gasteiger charge is 2.49. The average Bonchev–Trinajstić information content (AvgIpc) is 3.13. The maximum absolute atomic E-state index is 13.0. The molecule has 4 N–H and O–H groups in total. The molecule has 1 aliphatic heterocycles. The molecule has 144 valence electrons. The second-order valence-electron chi connectivity index (χ2n) is 7.27. The first-order valence-electron chi connectivity index (χ1n) is 8.94. The number of imidazole rings is 1. The van der Waals surface area contributed by atoms with Crippen molar-refractivity contribution >= 4 is 29.0 Å². The summed E-state index contributed by atoms with van der Waals surface area (Å²) in [6.07, 6.45) is -1.23. The molecule has 1 aromatic heterocycles. The smallest absolute Gasteiger partial charge is 0.411 e. The van der Waals surface area contributed by atoms with Gasteiger partial charge in [0.05, 0.1) is 11.0 Å². The van der Waals surface area contributed by atoms with Gasteiger partial charge in [0.2, 0.25) is 5.95 Å². The van der Waals surface area contributed by atoms with Gasteiger partial charge >= 0.3 is 6.09 Å². The van der Waals surface area contributed by atoms with Gasteiger partial charge in [0.15, 0.2) is 5.72 Å². The van der Waals surface area contributed by atoms with Gasteiger partial charge < -0.3 is 20.1 Å². The summed E-state index contributed by atoms with van der Waals surface area (Å²) in [5.41, 5.74) is 0.971. The van der Waals surface area contributed by atoms with Crippen molar-refractivity contribution in [1.29, 1.82) is 0 Å². The number of aromatic nitrogens is 2. The lowest BCUT2D eigenvalue weighted by Gasteiger charge is -2.36. The van der Waals surface area contributed by atoms with Gasteiger partial charge in [-0.25, -0.2) is 9.78 Å². The number of anilines is 1. The molecule has 0 spiro atoms. The number of nitrogens with one attached hydrogen (secondary N) is 2. The first kappa shape index (κ1) is 18.0. The molecule has 1 unspecified atom stereocenters. The van der Waals surface area contributed by atoms with Crippen LogP contribution in [0.5, 0.6) is 0 Å². The Bertz CT molecular complexity index is 1090. The number of aliphatic hydroxyl groups is 1. The molecule has 8 nitrogen and oxygen atoms in total. The van der Waals surface area contributed by atoms with E-state index in [1.54, 1.807) is 42.5 Å². The Hall–Kier alpha value is -3.39. The number of aromatic amines is 1. The maximum Gasteiger partial charge on any atom is 0.411 e. The van der Waals surface area contributed by atoms with Crippen LogP contribution in [0.25, 0.3) is 11.0 Å². The van der Waals surface area contributed by atoms with E-state index in [1.807, 2.05) is 13.8 Å². The first-order chi connectivity index (χ1) is 13.3. The lowest BCUT2D eigenvalue weighted by Crippen LogP contribution is -2.46. The van der Waals surface area contributed by atoms with Crippen molar-refractivity contribution in [3.8, 4) is 0 Å². The van der Waals surface area contributed by atoms with Crippen molar-refractivity contribution in [2.24, 2.45) is 5.92 Å². The number of H-pyrrole nitrogens is 1. The van der Waals surface area contributed by atoms with Gasteiger partial charge in [-0.2, -0.15) is 0 Å². The van der Waals surface area contributed by atoms with Crippen LogP contribution in [-0.4, -0.2) is 43.6 Å². The molecule has 1 aliphatic rings. The fraction of sp³-hybridized carbons (Fsp3) is 0.250. The summed E-state index contributed by atoms with van der Waals surface area (Å²) in [5, 5.41) is 22.8. The Morgan fingerprint density at radius 1 is 1.29 bits per heavy atom. The van der Waals surface area contributed by atoms with E-state index in [4.69, 9.17) is 5.11 Å². The maximum atomic E-state index is 13.0. The third-order valence-corrected chi connectivity index (χ3v) is 4.83. The molecular formula is C20H20N4O4. The van der Waals surface area contributed by atoms with Gasteiger partial charge in [0, 0.05) is 23.2 Å². The first-order valence-corrected chi connectivity index (χ1v) is 8.94. The zero-order chi connectivity index (χ0) is 20.1. The fourth-order valence-corrected chi connectivity index (χ4v) is 3.69. The monoisotopic (exact) mass is 380 g/mol. The fourth-order valence-electron chi connectivity index (χ4n) is 3.69. The largest absolute Gasteiger partial charge is 0.465 e. The minimum absolute atomic E-state index is 0.0913. The summed E-state index contributed by atoms with van der Waals surface area (Å²) < 4.78 is 0. The van der Waals surface area contributed by atoms with Crippen molar-refractivity contribution < 1.29 is 19.8 Å². The SMILES string of the molecule is CC(C)CN1C(=O)c2ccccc2C1(O)c1ccc2[nH]c(NC(=O)O)nc2c1. The van der Waals surface area contributed by atoms with E-state index in [0.717, 1.165) is 0 Å². The van der Waals surface area contributed by atoms with E-state index >= 15 is 0 Å². The molecule has 4 rings (SSSR count). The predicted molar refractivity (Wildman–Crippen MR) is 103 cm³/mol. The van der Waals surface area contributed by atoms with Gasteiger partial charge in [0.25, 0.3) is 5.91 Å². The molecule has 0 saturated heterocycles. The average molecular weight is 380 g/mol. The number of carbonyl (C=O) groups excluding carboxylic acids is 1. The minimum Gasteiger partial charge on any atom is -0.465 e. The van der Waals surface area contributed by atoms with Crippen LogP contribution in [0.4, 0.5) is 10.7 Å². The molecule has 2 amide bonds. The molecule has 0 radical (unpaired) electrons. The van der Waals surface area contributed by atoms with Crippen molar-refractivity contribution in [1.82, 2.24) is 14.9 Å². The highest BCUT2D eigenvalue weighted by molar-refractivity contribution is 6.00. The molecule has 1 atom stereocenters. The van der Waals surface area contributed by atoms with E-state index in [2.05, 4.69) is 15.3 Å². The second kappa shape index (κ2) is 6.35. The van der Waals surface area contributed by atoms with Gasteiger partial charge in [-0.1, -0.05) is 38.1 Å². The van der Waals surface area contributed by atoms with E-state index in [1.165, 1.54) is 4.90 Å². The third kappa shape index (κ3) is 2.69. The number of amides is 2. The highest BCUT2D eigenvalue weighted by atomic mass is 16.4. The topological polar surface area (TPSA) is 119 Å². The third-order valence-electron chi connectivity index (χ3n) is 4.83. The zero-order valence-electron chi connectivity index (χ0n) is 15.4. The second-order valence-corrected chi connectivity index (χ2v) is 7.27. The number of carbonyl (C=O) groups is 2. The van der Waals surface area contributed by atoms with Crippen LogP contribution < -0.4 is 5.32 Å². The molecule has 2 aromatic carbocycles. The summed E-state index contributed by atoms with van der Waals surface area (Å²) in [4.78, 5) is 32.4. The van der Waals surface area contributed by atoms with E-state index in [9.17, 15) is 14.7 Å². The van der Waals surface area contributed by atoms with Gasteiger partial charge in [-0.05, 0) is 24.1 Å². The summed E-state index contributed by atoms with van der Waals surface area (Å²) in [7, 11) is 0. The van der Waals surface area contributed by atoms with E-state index in [0.29, 0.717) is 34.3 Å². The summed E-state index contributed by atoms with van der Waals surface area (Å²) in [5.74, 6) is 0.0287. The number of carboxylic acid groups (broad SMARTS) is 1. The van der Waals surface area contributed by atoms with Crippen LogP contribution in [0, 0.1) is 5.92 Å². The number of benzene rings is 2. The number of hydrogen-bond acceptors (Lipinski definition) is 4. The number of hydrogen-bond donors (Lipinski definition) is 4. The molecule has 0 saturated carbocycles. The van der Waals surface area contributed by atoms with Crippen molar-refractivity contribution in [2.75, 3.05) is 11.9 Å². The van der Waals surface area contributed by atoms with Gasteiger partial charge in [-0.3, -0.25) is 10.1 Å². The number of nitrogens with zero attached hydrogens (tertiary/aromatic N) is 2. The number of rotatable bonds is 4. The van der Waals surface area contributed by atoms with Crippen molar-refractivity contribution in [2.45, 2.75) is 19.6 Å². The molecule has 0 aliphatic carbocycles. The normalized spacial score (nSPS) is 18.7. The molecule has 0 fully saturated rings. The Morgan fingerprint density at radius 3 is 2.75 bits per heavy atom. The quantitative estimate of drug-likeness (QED) is 0.555. The molecule has 8 heteroatoms. The Morgan fingerprint density at radius 2 is 2.04 bits per heavy atom. The highest BCUT2D eigenvalue weighted by Crippen LogP contribution is 2.43. The summed E-state index contributed by atoms with van der Waals surface area (Å²) in [6, 6.07) is 12.1. The van der Waals surface area contributed by atoms with Gasteiger partial charge in [0.1, 0.15) is 0 Å². The van der Waals surface area contributed by atoms with E-state index < -0.39 is 11.8 Å². The van der Waals surface area contributed by atoms with Gasteiger partial charge in [-0.15, -0.1) is 0 Å². The Kier molecular flexibility index (Phi) is 4.08. The lowest BCUT2D eigenvalue weighted by atomic mass is 9.93. The van der Waals surface area contributed by atoms with Crippen LogP contribution in [0.3, 0.4) is 0 Å². The Labute approximate surface area is 160 Å². The van der Waals surface area contributed by atoms with Crippen LogP contribution in [0.1, 0.15) is 35.3 Å².